The van der Waals surface area contributed by atoms with Crippen LogP contribution in [0.15, 0.2) is 11.8 Å². The van der Waals surface area contributed by atoms with Crippen LogP contribution in [0.2, 0.25) is 0 Å². The van der Waals surface area contributed by atoms with Gasteiger partial charge in [-0.2, -0.15) is 0 Å². The normalized spacial score (nSPS) is 40.0. The van der Waals surface area contributed by atoms with Crippen molar-refractivity contribution >= 4 is 0 Å². The molecule has 0 N–H and O–H groups in total. The van der Waals surface area contributed by atoms with Gasteiger partial charge in [0.05, 0.1) is 0 Å². The van der Waals surface area contributed by atoms with Crippen molar-refractivity contribution in [3.63, 3.8) is 0 Å². The molecule has 1 unspecified atom stereocenters. The highest BCUT2D eigenvalue weighted by atomic mass is 16.6. The maximum Gasteiger partial charge on any atom is 0.158 e. The van der Waals surface area contributed by atoms with E-state index in [1.165, 1.54) is 12.2 Å². The summed E-state index contributed by atoms with van der Waals surface area (Å²) in [5.74, 6) is 1.23. The van der Waals surface area contributed by atoms with Crippen LogP contribution < -0.4 is 0 Å². The standard InChI is InChI=1S/C4H4O/c1-2-4-3(1)5-4/h1,4H,2H2. The van der Waals surface area contributed by atoms with Crippen molar-refractivity contribution in [2.75, 3.05) is 0 Å². The van der Waals surface area contributed by atoms with Gasteiger partial charge in [-0.05, 0) is 6.08 Å². The molecule has 0 aromatic carbocycles. The van der Waals surface area contributed by atoms with Crippen LogP contribution in [0.4, 0.5) is 0 Å². The van der Waals surface area contributed by atoms with Crippen LogP contribution in [0.1, 0.15) is 6.42 Å². The van der Waals surface area contributed by atoms with E-state index < -0.39 is 0 Å². The van der Waals surface area contributed by atoms with Crippen LogP contribution in [0.25, 0.3) is 0 Å². The first-order chi connectivity index (χ1) is 2.47. The fraction of sp³-hybridized carbons (Fsp3) is 0.500. The van der Waals surface area contributed by atoms with E-state index in [4.69, 9.17) is 4.74 Å². The molecule has 5 heavy (non-hydrogen) atoms. The average Bonchev–Trinajstić information content (AvgIpc) is 1.74. The van der Waals surface area contributed by atoms with Crippen LogP contribution in [-0.2, 0) is 4.74 Å². The van der Waals surface area contributed by atoms with E-state index in [0.29, 0.717) is 6.10 Å². The molecule has 0 bridgehead atoms. The third kappa shape index (κ3) is 0.0756. The molecule has 1 atom stereocenters. The maximum atomic E-state index is 4.89. The Bertz CT molecular complexity index is 91.8. The lowest BCUT2D eigenvalue weighted by Crippen LogP contribution is -1.85. The topological polar surface area (TPSA) is 12.5 Å². The molecule has 1 saturated heterocycles. The van der Waals surface area contributed by atoms with Gasteiger partial charge < -0.3 is 4.74 Å². The highest BCUT2D eigenvalue weighted by Gasteiger charge is 2.38. The van der Waals surface area contributed by atoms with E-state index >= 15 is 0 Å². The summed E-state index contributed by atoms with van der Waals surface area (Å²) in [7, 11) is 0. The molecule has 2 rings (SSSR count). The molecule has 0 aromatic rings. The Morgan fingerprint density at radius 1 is 2.00 bits per heavy atom. The second-order valence-electron chi connectivity index (χ2n) is 1.45. The number of rotatable bonds is 0. The highest BCUT2D eigenvalue weighted by Crippen LogP contribution is 2.39. The third-order valence-corrected chi connectivity index (χ3v) is 1.07. The lowest BCUT2D eigenvalue weighted by Gasteiger charge is -1.80. The van der Waals surface area contributed by atoms with E-state index in [1.807, 2.05) is 0 Å². The van der Waals surface area contributed by atoms with E-state index in [0.717, 1.165) is 0 Å². The van der Waals surface area contributed by atoms with Crippen molar-refractivity contribution in [1.29, 1.82) is 0 Å². The van der Waals surface area contributed by atoms with Gasteiger partial charge in [0, 0.05) is 6.42 Å². The van der Waals surface area contributed by atoms with E-state index in [-0.39, 0.29) is 0 Å². The van der Waals surface area contributed by atoms with E-state index in [9.17, 15) is 0 Å². The van der Waals surface area contributed by atoms with Crippen molar-refractivity contribution in [1.82, 2.24) is 0 Å². The highest BCUT2D eigenvalue weighted by molar-refractivity contribution is 5.25. The van der Waals surface area contributed by atoms with E-state index in [1.54, 1.807) is 0 Å². The zero-order valence-electron chi connectivity index (χ0n) is 2.77. The van der Waals surface area contributed by atoms with Gasteiger partial charge in [-0.15, -0.1) is 0 Å². The van der Waals surface area contributed by atoms with Crippen molar-refractivity contribution in [3.8, 4) is 0 Å². The Balaban J connectivity index is 2.58. The predicted molar refractivity (Wildman–Crippen MR) is 17.6 cm³/mol. The molecule has 0 radical (unpaired) electrons. The quantitative estimate of drug-likeness (QED) is 0.380. The number of hydrogen-bond acceptors (Lipinski definition) is 1. The van der Waals surface area contributed by atoms with Gasteiger partial charge in [0.1, 0.15) is 5.76 Å². The molecule has 26 valence electrons. The number of hydrogen-bond donors (Lipinski definition) is 0. The van der Waals surface area contributed by atoms with Gasteiger partial charge >= 0.3 is 0 Å². The maximum absolute atomic E-state index is 4.89. The van der Waals surface area contributed by atoms with Gasteiger partial charge in [-0.25, -0.2) is 0 Å². The molecule has 0 amide bonds. The third-order valence-electron chi connectivity index (χ3n) is 1.07. The summed E-state index contributed by atoms with van der Waals surface area (Å²) < 4.78 is 4.89. The Morgan fingerprint density at radius 2 is 2.80 bits per heavy atom. The van der Waals surface area contributed by atoms with E-state index in [2.05, 4.69) is 6.08 Å². The zero-order valence-corrected chi connectivity index (χ0v) is 2.77. The summed E-state index contributed by atoms with van der Waals surface area (Å²) in [6.07, 6.45) is 3.88. The van der Waals surface area contributed by atoms with Crippen LogP contribution in [-0.4, -0.2) is 6.10 Å². The van der Waals surface area contributed by atoms with Gasteiger partial charge in [0.15, 0.2) is 6.10 Å². The first-order valence-corrected chi connectivity index (χ1v) is 1.83. The van der Waals surface area contributed by atoms with Gasteiger partial charge in [-0.1, -0.05) is 0 Å². The number of epoxide rings is 1. The SMILES string of the molecule is C1=C2OC2C1. The van der Waals surface area contributed by atoms with Crippen LogP contribution >= 0.6 is 0 Å². The zero-order chi connectivity index (χ0) is 3.28. The van der Waals surface area contributed by atoms with Crippen LogP contribution in [0.5, 0.6) is 0 Å². The van der Waals surface area contributed by atoms with Gasteiger partial charge in [0.2, 0.25) is 0 Å². The lowest BCUT2D eigenvalue weighted by atomic mass is 10.1. The molecule has 1 aliphatic carbocycles. The summed E-state index contributed by atoms with van der Waals surface area (Å²) >= 11 is 0. The predicted octanol–water partition coefficient (Wildman–Crippen LogP) is 0.673. The minimum Gasteiger partial charge on any atom is -0.483 e. The minimum absolute atomic E-state index is 0.593. The number of ether oxygens (including phenoxy) is 1. The van der Waals surface area contributed by atoms with Crippen molar-refractivity contribution < 1.29 is 4.74 Å². The fourth-order valence-electron chi connectivity index (χ4n) is 0.537. The molecule has 1 heterocycles. The second kappa shape index (κ2) is 0.313. The molecular weight excluding hydrogens is 64.0 g/mol. The smallest absolute Gasteiger partial charge is 0.158 e. The molecule has 2 aliphatic rings. The number of fused-ring (bicyclic) bond motifs is 1. The fourth-order valence-corrected chi connectivity index (χ4v) is 0.537. The Hall–Kier alpha value is -0.460. The van der Waals surface area contributed by atoms with Crippen molar-refractivity contribution in [2.24, 2.45) is 0 Å². The molecular formula is C4H4O. The summed E-state index contributed by atoms with van der Waals surface area (Å²) in [6, 6.07) is 0. The summed E-state index contributed by atoms with van der Waals surface area (Å²) in [5.41, 5.74) is 0. The van der Waals surface area contributed by atoms with Gasteiger partial charge in [-0.3, -0.25) is 0 Å². The Labute approximate surface area is 30.2 Å². The summed E-state index contributed by atoms with van der Waals surface area (Å²) in [4.78, 5) is 0. The summed E-state index contributed by atoms with van der Waals surface area (Å²) in [5, 5.41) is 0. The first-order valence-electron chi connectivity index (χ1n) is 1.83. The van der Waals surface area contributed by atoms with Crippen molar-refractivity contribution in [3.05, 3.63) is 11.8 Å². The first kappa shape index (κ1) is 1.85. The molecule has 0 spiro atoms. The Morgan fingerprint density at radius 3 is 2.80 bits per heavy atom. The molecule has 1 fully saturated rings. The second-order valence-corrected chi connectivity index (χ2v) is 1.45. The van der Waals surface area contributed by atoms with Crippen LogP contribution in [0.3, 0.4) is 0 Å². The molecule has 1 nitrogen and oxygen atoms in total. The molecule has 0 aromatic heterocycles. The molecule has 1 heteroatoms. The molecule has 0 saturated carbocycles. The molecule has 1 aliphatic heterocycles. The lowest BCUT2D eigenvalue weighted by molar-refractivity contribution is 0.446. The average molecular weight is 68.1 g/mol. The Kier molecular flexibility index (Phi) is 0.116. The summed E-state index contributed by atoms with van der Waals surface area (Å²) in [6.45, 7) is 0. The monoisotopic (exact) mass is 68.0 g/mol. The minimum atomic E-state index is 0.593. The largest absolute Gasteiger partial charge is 0.483 e. The van der Waals surface area contributed by atoms with Crippen LogP contribution in [0, 0.1) is 0 Å². The van der Waals surface area contributed by atoms with Crippen molar-refractivity contribution in [2.45, 2.75) is 12.5 Å². The van der Waals surface area contributed by atoms with Gasteiger partial charge in [0.25, 0.3) is 0 Å².